The standard InChI is InChI=1S/C9H7N5S/c10-8-11-5-12-14(8)9-13-6-3-1-2-4-7(6)15-9/h1-5H,(H2,10,11,12). The van der Waals surface area contributed by atoms with Gasteiger partial charge in [0.2, 0.25) is 11.1 Å². The molecule has 0 unspecified atom stereocenters. The van der Waals surface area contributed by atoms with Gasteiger partial charge in [0.05, 0.1) is 10.2 Å². The summed E-state index contributed by atoms with van der Waals surface area (Å²) in [7, 11) is 0. The second-order valence-electron chi connectivity index (χ2n) is 2.99. The maximum Gasteiger partial charge on any atom is 0.225 e. The average molecular weight is 217 g/mol. The van der Waals surface area contributed by atoms with E-state index >= 15 is 0 Å². The molecule has 2 heterocycles. The van der Waals surface area contributed by atoms with Gasteiger partial charge in [0, 0.05) is 0 Å². The van der Waals surface area contributed by atoms with Gasteiger partial charge < -0.3 is 5.73 Å². The first-order valence-electron chi connectivity index (χ1n) is 4.36. The minimum absolute atomic E-state index is 0.356. The number of fused-ring (bicyclic) bond motifs is 1. The van der Waals surface area contributed by atoms with Crippen molar-refractivity contribution in [1.82, 2.24) is 19.7 Å². The first kappa shape index (κ1) is 8.37. The predicted molar refractivity (Wildman–Crippen MR) is 58.9 cm³/mol. The van der Waals surface area contributed by atoms with Crippen molar-refractivity contribution in [2.24, 2.45) is 0 Å². The third kappa shape index (κ3) is 1.26. The molecule has 0 bridgehead atoms. The normalized spacial score (nSPS) is 10.9. The number of nitrogens with two attached hydrogens (primary N) is 1. The number of benzene rings is 1. The maximum absolute atomic E-state index is 5.65. The Morgan fingerprint density at radius 3 is 2.87 bits per heavy atom. The summed E-state index contributed by atoms with van der Waals surface area (Å²) in [6, 6.07) is 7.91. The Labute approximate surface area is 89.2 Å². The summed E-state index contributed by atoms with van der Waals surface area (Å²) >= 11 is 1.54. The van der Waals surface area contributed by atoms with E-state index in [1.54, 1.807) is 0 Å². The van der Waals surface area contributed by atoms with Gasteiger partial charge in [0.25, 0.3) is 0 Å². The third-order valence-corrected chi connectivity index (χ3v) is 3.05. The number of thiazole rings is 1. The highest BCUT2D eigenvalue weighted by molar-refractivity contribution is 7.20. The van der Waals surface area contributed by atoms with Crippen LogP contribution in [0.1, 0.15) is 0 Å². The fourth-order valence-corrected chi connectivity index (χ4v) is 2.28. The van der Waals surface area contributed by atoms with Crippen molar-refractivity contribution in [3.8, 4) is 5.13 Å². The van der Waals surface area contributed by atoms with Crippen LogP contribution in [0.5, 0.6) is 0 Å². The van der Waals surface area contributed by atoms with E-state index in [9.17, 15) is 0 Å². The molecule has 3 rings (SSSR count). The quantitative estimate of drug-likeness (QED) is 0.670. The van der Waals surface area contributed by atoms with Crippen LogP contribution in [0.25, 0.3) is 15.3 Å². The number of aromatic nitrogens is 4. The van der Waals surface area contributed by atoms with Gasteiger partial charge >= 0.3 is 0 Å². The molecule has 0 saturated heterocycles. The van der Waals surface area contributed by atoms with E-state index in [0.717, 1.165) is 15.3 Å². The van der Waals surface area contributed by atoms with E-state index in [4.69, 9.17) is 5.73 Å². The summed E-state index contributed by atoms with van der Waals surface area (Å²) in [6.45, 7) is 0. The molecule has 0 fully saturated rings. The molecule has 2 aromatic heterocycles. The van der Waals surface area contributed by atoms with Gasteiger partial charge in [0.15, 0.2) is 0 Å². The van der Waals surface area contributed by atoms with E-state index in [-0.39, 0.29) is 0 Å². The Bertz CT molecular complexity index is 579. The van der Waals surface area contributed by atoms with E-state index in [1.165, 1.54) is 22.3 Å². The Balaban J connectivity index is 2.24. The number of hydrogen-bond acceptors (Lipinski definition) is 5. The number of rotatable bonds is 1. The molecule has 0 aliphatic carbocycles. The molecule has 74 valence electrons. The Morgan fingerprint density at radius 1 is 1.27 bits per heavy atom. The Hall–Kier alpha value is -1.95. The summed E-state index contributed by atoms with van der Waals surface area (Å²) in [6.07, 6.45) is 1.42. The van der Waals surface area contributed by atoms with Crippen LogP contribution >= 0.6 is 11.3 Å². The predicted octanol–water partition coefficient (Wildman–Crippen LogP) is 1.46. The summed E-state index contributed by atoms with van der Waals surface area (Å²) in [5.41, 5.74) is 6.60. The average Bonchev–Trinajstić information content (AvgIpc) is 2.82. The molecule has 2 N–H and O–H groups in total. The number of nitrogens with zero attached hydrogens (tertiary/aromatic N) is 4. The lowest BCUT2D eigenvalue weighted by Gasteiger charge is -1.93. The fourth-order valence-electron chi connectivity index (χ4n) is 1.35. The van der Waals surface area contributed by atoms with Crippen LogP contribution in [0.15, 0.2) is 30.6 Å². The lowest BCUT2D eigenvalue weighted by atomic mass is 10.3. The van der Waals surface area contributed by atoms with Crippen LogP contribution < -0.4 is 5.73 Å². The topological polar surface area (TPSA) is 69.6 Å². The van der Waals surface area contributed by atoms with Gasteiger partial charge in [-0.25, -0.2) is 4.98 Å². The van der Waals surface area contributed by atoms with E-state index in [2.05, 4.69) is 15.1 Å². The first-order chi connectivity index (χ1) is 7.34. The molecule has 0 saturated carbocycles. The fraction of sp³-hybridized carbons (Fsp3) is 0. The minimum Gasteiger partial charge on any atom is -0.368 e. The molecular formula is C9H7N5S. The summed E-state index contributed by atoms with van der Waals surface area (Å²) < 4.78 is 2.65. The third-order valence-electron chi connectivity index (χ3n) is 2.04. The van der Waals surface area contributed by atoms with Crippen molar-refractivity contribution in [3.63, 3.8) is 0 Å². The Kier molecular flexibility index (Phi) is 1.69. The number of nitrogen functional groups attached to an aromatic ring is 1. The van der Waals surface area contributed by atoms with Crippen LogP contribution in [0.4, 0.5) is 5.95 Å². The second kappa shape index (κ2) is 3.03. The second-order valence-corrected chi connectivity index (χ2v) is 4.00. The summed E-state index contributed by atoms with van der Waals surface area (Å²) in [5.74, 6) is 0.356. The molecule has 5 nitrogen and oxygen atoms in total. The molecule has 6 heteroatoms. The molecule has 0 radical (unpaired) electrons. The molecule has 15 heavy (non-hydrogen) atoms. The molecule has 0 atom stereocenters. The van der Waals surface area contributed by atoms with Crippen molar-refractivity contribution in [2.45, 2.75) is 0 Å². The van der Waals surface area contributed by atoms with Crippen molar-refractivity contribution in [3.05, 3.63) is 30.6 Å². The van der Waals surface area contributed by atoms with Gasteiger partial charge in [-0.15, -0.1) is 0 Å². The molecule has 0 spiro atoms. The van der Waals surface area contributed by atoms with Crippen LogP contribution in [0.2, 0.25) is 0 Å². The van der Waals surface area contributed by atoms with Crippen LogP contribution in [-0.4, -0.2) is 19.7 Å². The van der Waals surface area contributed by atoms with Gasteiger partial charge in [0.1, 0.15) is 6.33 Å². The lowest BCUT2D eigenvalue weighted by molar-refractivity contribution is 0.883. The van der Waals surface area contributed by atoms with Gasteiger partial charge in [-0.1, -0.05) is 23.5 Å². The molecule has 0 aliphatic rings. The SMILES string of the molecule is Nc1ncnn1-c1nc2ccccc2s1. The zero-order chi connectivity index (χ0) is 10.3. The maximum atomic E-state index is 5.65. The zero-order valence-corrected chi connectivity index (χ0v) is 8.48. The zero-order valence-electron chi connectivity index (χ0n) is 7.66. The first-order valence-corrected chi connectivity index (χ1v) is 5.18. The highest BCUT2D eigenvalue weighted by atomic mass is 32.1. The van der Waals surface area contributed by atoms with Crippen LogP contribution in [-0.2, 0) is 0 Å². The highest BCUT2D eigenvalue weighted by Crippen LogP contribution is 2.24. The van der Waals surface area contributed by atoms with Crippen molar-refractivity contribution >= 4 is 27.5 Å². The number of hydrogen-bond donors (Lipinski definition) is 1. The highest BCUT2D eigenvalue weighted by Gasteiger charge is 2.08. The molecular weight excluding hydrogens is 210 g/mol. The van der Waals surface area contributed by atoms with Gasteiger partial charge in [-0.05, 0) is 12.1 Å². The number of para-hydroxylation sites is 1. The van der Waals surface area contributed by atoms with Crippen LogP contribution in [0, 0.1) is 0 Å². The lowest BCUT2D eigenvalue weighted by Crippen LogP contribution is -2.01. The van der Waals surface area contributed by atoms with E-state index < -0.39 is 0 Å². The molecule has 3 aromatic rings. The minimum atomic E-state index is 0.356. The van der Waals surface area contributed by atoms with Crippen molar-refractivity contribution in [1.29, 1.82) is 0 Å². The summed E-state index contributed by atoms with van der Waals surface area (Å²) in [5, 5.41) is 4.75. The van der Waals surface area contributed by atoms with E-state index in [1.807, 2.05) is 24.3 Å². The van der Waals surface area contributed by atoms with Gasteiger partial charge in [-0.3, -0.25) is 0 Å². The molecule has 0 amide bonds. The van der Waals surface area contributed by atoms with E-state index in [0.29, 0.717) is 5.95 Å². The van der Waals surface area contributed by atoms with Crippen molar-refractivity contribution in [2.75, 3.05) is 5.73 Å². The van der Waals surface area contributed by atoms with Crippen molar-refractivity contribution < 1.29 is 0 Å². The van der Waals surface area contributed by atoms with Crippen LogP contribution in [0.3, 0.4) is 0 Å². The smallest absolute Gasteiger partial charge is 0.225 e. The molecule has 0 aliphatic heterocycles. The Morgan fingerprint density at radius 2 is 2.13 bits per heavy atom. The molecule has 1 aromatic carbocycles. The van der Waals surface area contributed by atoms with Gasteiger partial charge in [-0.2, -0.15) is 14.8 Å². The monoisotopic (exact) mass is 217 g/mol. The largest absolute Gasteiger partial charge is 0.368 e. The number of anilines is 1. The summed E-state index contributed by atoms with van der Waals surface area (Å²) in [4.78, 5) is 8.27.